The van der Waals surface area contributed by atoms with Gasteiger partial charge in [0, 0.05) is 30.8 Å². The van der Waals surface area contributed by atoms with Gasteiger partial charge in [-0.15, -0.1) is 10.2 Å². The Hall–Kier alpha value is -3.74. The van der Waals surface area contributed by atoms with E-state index in [1.165, 1.54) is 25.3 Å². The van der Waals surface area contributed by atoms with Crippen LogP contribution in [0.4, 0.5) is 10.2 Å². The number of nitrogens with one attached hydrogen (secondary N) is 1. The van der Waals surface area contributed by atoms with Gasteiger partial charge in [0.2, 0.25) is 5.89 Å². The van der Waals surface area contributed by atoms with Gasteiger partial charge < -0.3 is 20.6 Å². The second-order valence-corrected chi connectivity index (χ2v) is 11.3. The Morgan fingerprint density at radius 1 is 1.03 bits per heavy atom. The molecule has 0 spiro atoms. The number of hydrogen-bond acceptors (Lipinski definition) is 10. The third kappa shape index (κ3) is 6.21. The van der Waals surface area contributed by atoms with Crippen molar-refractivity contribution in [3.63, 3.8) is 0 Å². The van der Waals surface area contributed by atoms with Crippen molar-refractivity contribution in [2.24, 2.45) is 0 Å². The van der Waals surface area contributed by atoms with E-state index in [4.69, 9.17) is 15.3 Å². The molecule has 200 valence electrons. The third-order valence-electron chi connectivity index (χ3n) is 5.93. The van der Waals surface area contributed by atoms with Crippen LogP contribution >= 0.6 is 0 Å². The normalized spacial score (nSPS) is 13.4. The van der Waals surface area contributed by atoms with E-state index in [-0.39, 0.29) is 47.8 Å². The highest BCUT2D eigenvalue weighted by Crippen LogP contribution is 2.29. The topological polar surface area (TPSA) is 157 Å². The highest BCUT2D eigenvalue weighted by atomic mass is 32.2. The van der Waals surface area contributed by atoms with E-state index in [0.717, 1.165) is 5.56 Å². The SMILES string of the molecule is CC(F)CNCc1ccc(-c2nnc(-c3nc(-c4ccc(S(=O)(=O)C(C)CCO)cc4)cnc3N)o2)cc1. The Bertz CT molecular complexity index is 1470. The van der Waals surface area contributed by atoms with Crippen molar-refractivity contribution >= 4 is 15.7 Å². The number of nitrogen functional groups attached to an aromatic ring is 1. The maximum atomic E-state index is 13.0. The van der Waals surface area contributed by atoms with Crippen LogP contribution in [0.2, 0.25) is 0 Å². The van der Waals surface area contributed by atoms with Crippen LogP contribution in [-0.2, 0) is 16.4 Å². The Morgan fingerprint density at radius 3 is 2.34 bits per heavy atom. The number of sulfone groups is 1. The van der Waals surface area contributed by atoms with Crippen LogP contribution in [0.1, 0.15) is 25.8 Å². The molecule has 0 saturated carbocycles. The minimum absolute atomic E-state index is 0.0894. The predicted molar refractivity (Wildman–Crippen MR) is 141 cm³/mol. The van der Waals surface area contributed by atoms with E-state index >= 15 is 0 Å². The molecule has 0 bridgehead atoms. The Kier molecular flexibility index (Phi) is 8.45. The lowest BCUT2D eigenvalue weighted by atomic mass is 10.1. The van der Waals surface area contributed by atoms with Gasteiger partial charge in [0.05, 0.1) is 22.0 Å². The first kappa shape index (κ1) is 27.3. The lowest BCUT2D eigenvalue weighted by Gasteiger charge is -2.12. The van der Waals surface area contributed by atoms with Crippen LogP contribution in [0.3, 0.4) is 0 Å². The molecule has 10 nitrogen and oxygen atoms in total. The summed E-state index contributed by atoms with van der Waals surface area (Å²) in [5.74, 6) is 0.464. The van der Waals surface area contributed by atoms with Crippen LogP contribution in [0.15, 0.2) is 64.0 Å². The van der Waals surface area contributed by atoms with E-state index < -0.39 is 21.3 Å². The smallest absolute Gasteiger partial charge is 0.270 e. The summed E-state index contributed by atoms with van der Waals surface area (Å²) >= 11 is 0. The highest BCUT2D eigenvalue weighted by molar-refractivity contribution is 7.92. The molecule has 12 heteroatoms. The van der Waals surface area contributed by atoms with E-state index in [9.17, 15) is 12.8 Å². The molecule has 0 aliphatic heterocycles. The lowest BCUT2D eigenvalue weighted by Crippen LogP contribution is -2.21. The van der Waals surface area contributed by atoms with Gasteiger partial charge in [-0.2, -0.15) is 0 Å². The average Bonchev–Trinajstić information content (AvgIpc) is 3.39. The Morgan fingerprint density at radius 2 is 1.68 bits per heavy atom. The highest BCUT2D eigenvalue weighted by Gasteiger charge is 2.23. The van der Waals surface area contributed by atoms with E-state index in [1.807, 2.05) is 24.3 Å². The number of alkyl halides is 1. The van der Waals surface area contributed by atoms with E-state index in [0.29, 0.717) is 23.4 Å². The molecule has 2 aromatic heterocycles. The summed E-state index contributed by atoms with van der Waals surface area (Å²) in [6, 6.07) is 13.7. The maximum Gasteiger partial charge on any atom is 0.270 e. The number of benzene rings is 2. The Labute approximate surface area is 220 Å². The molecule has 2 aromatic carbocycles. The van der Waals surface area contributed by atoms with Crippen molar-refractivity contribution in [3.8, 4) is 34.3 Å². The van der Waals surface area contributed by atoms with Gasteiger partial charge in [0.1, 0.15) is 6.17 Å². The summed E-state index contributed by atoms with van der Waals surface area (Å²) in [5, 5.41) is 19.6. The fourth-order valence-corrected chi connectivity index (χ4v) is 5.09. The van der Waals surface area contributed by atoms with Gasteiger partial charge in [0.15, 0.2) is 21.3 Å². The zero-order valence-electron chi connectivity index (χ0n) is 21.0. The first-order chi connectivity index (χ1) is 18.2. The van der Waals surface area contributed by atoms with Gasteiger partial charge in [-0.1, -0.05) is 24.3 Å². The quantitative estimate of drug-likeness (QED) is 0.257. The number of hydrogen-bond donors (Lipinski definition) is 3. The monoisotopic (exact) mass is 540 g/mol. The molecule has 0 fully saturated rings. The minimum atomic E-state index is -3.56. The van der Waals surface area contributed by atoms with Gasteiger partial charge >= 0.3 is 0 Å². The minimum Gasteiger partial charge on any atom is -0.414 e. The van der Waals surface area contributed by atoms with Crippen molar-refractivity contribution in [2.75, 3.05) is 18.9 Å². The zero-order valence-corrected chi connectivity index (χ0v) is 21.8. The second-order valence-electron chi connectivity index (χ2n) is 8.90. The largest absolute Gasteiger partial charge is 0.414 e. The molecule has 4 rings (SSSR count). The molecule has 0 aliphatic carbocycles. The summed E-state index contributed by atoms with van der Waals surface area (Å²) in [4.78, 5) is 8.89. The second kappa shape index (κ2) is 11.8. The molecule has 2 heterocycles. The molecule has 0 aliphatic rings. The number of aromatic nitrogens is 4. The molecular weight excluding hydrogens is 511 g/mol. The fourth-order valence-electron chi connectivity index (χ4n) is 3.70. The van der Waals surface area contributed by atoms with Crippen molar-refractivity contribution in [2.45, 2.75) is 43.1 Å². The van der Waals surface area contributed by atoms with Gasteiger partial charge in [-0.25, -0.2) is 22.8 Å². The average molecular weight is 541 g/mol. The third-order valence-corrected chi connectivity index (χ3v) is 8.15. The molecule has 0 radical (unpaired) electrons. The van der Waals surface area contributed by atoms with Crippen LogP contribution in [0.25, 0.3) is 34.3 Å². The lowest BCUT2D eigenvalue weighted by molar-refractivity contribution is 0.287. The van der Waals surface area contributed by atoms with Crippen molar-refractivity contribution in [3.05, 3.63) is 60.3 Å². The summed E-state index contributed by atoms with van der Waals surface area (Å²) in [5.41, 5.74) is 9.00. The number of anilines is 1. The maximum absolute atomic E-state index is 13.0. The standard InChI is InChI=1S/C26H29FN6O4S/c1-16(27)13-29-14-18-3-5-20(6-4-18)25-32-33-26(37-25)23-24(28)30-15-22(31-23)19-7-9-21(10-8-19)38(35,36)17(2)11-12-34/h3-10,15-17,29,34H,11-14H2,1-2H3,(H2,28,30). The molecule has 2 atom stereocenters. The van der Waals surface area contributed by atoms with Crippen LogP contribution in [0, 0.1) is 0 Å². The number of aliphatic hydroxyl groups is 1. The Balaban J connectivity index is 1.53. The summed E-state index contributed by atoms with van der Waals surface area (Å²) in [6.07, 6.45) is 0.719. The summed E-state index contributed by atoms with van der Waals surface area (Å²) in [7, 11) is -3.56. The summed E-state index contributed by atoms with van der Waals surface area (Å²) in [6.45, 7) is 3.68. The molecule has 4 aromatic rings. The van der Waals surface area contributed by atoms with Crippen LogP contribution < -0.4 is 11.1 Å². The molecule has 0 amide bonds. The van der Waals surface area contributed by atoms with E-state index in [1.54, 1.807) is 19.1 Å². The first-order valence-corrected chi connectivity index (χ1v) is 13.6. The molecule has 0 saturated heterocycles. The van der Waals surface area contributed by atoms with Crippen molar-refractivity contribution in [1.29, 1.82) is 0 Å². The zero-order chi connectivity index (χ0) is 27.3. The van der Waals surface area contributed by atoms with E-state index in [2.05, 4.69) is 25.5 Å². The molecule has 38 heavy (non-hydrogen) atoms. The number of halogens is 1. The van der Waals surface area contributed by atoms with Crippen molar-refractivity contribution in [1.82, 2.24) is 25.5 Å². The van der Waals surface area contributed by atoms with Gasteiger partial charge in [0.25, 0.3) is 5.89 Å². The van der Waals surface area contributed by atoms with Crippen LogP contribution in [0.5, 0.6) is 0 Å². The number of aliphatic hydroxyl groups excluding tert-OH is 1. The number of nitrogens with two attached hydrogens (primary N) is 1. The van der Waals surface area contributed by atoms with Crippen molar-refractivity contribution < 1.29 is 22.3 Å². The van der Waals surface area contributed by atoms with Crippen LogP contribution in [-0.4, -0.2) is 58.3 Å². The fraction of sp³-hybridized carbons (Fsp3) is 0.308. The predicted octanol–water partition coefficient (Wildman–Crippen LogP) is 3.44. The molecular formula is C26H29FN6O4S. The van der Waals surface area contributed by atoms with Gasteiger partial charge in [-0.3, -0.25) is 0 Å². The first-order valence-electron chi connectivity index (χ1n) is 12.0. The summed E-state index contributed by atoms with van der Waals surface area (Å²) < 4.78 is 44.1. The molecule has 4 N–H and O–H groups in total. The van der Waals surface area contributed by atoms with Gasteiger partial charge in [-0.05, 0) is 50.1 Å². The molecule has 2 unspecified atom stereocenters. The number of nitrogens with zero attached hydrogens (tertiary/aromatic N) is 4. The number of rotatable bonds is 11.